The minimum absolute atomic E-state index is 0.577. The molecule has 3 aromatic rings. The first-order valence-electron chi connectivity index (χ1n) is 7.24. The molecule has 1 aliphatic rings. The molecule has 4 rings (SSSR count). The number of hydrogen-bond donors (Lipinski definition) is 2. The van der Waals surface area contributed by atoms with Crippen LogP contribution in [0.1, 0.15) is 16.8 Å². The van der Waals surface area contributed by atoms with E-state index in [1.807, 2.05) is 6.20 Å². The van der Waals surface area contributed by atoms with Crippen molar-refractivity contribution in [3.8, 4) is 0 Å². The summed E-state index contributed by atoms with van der Waals surface area (Å²) in [6.45, 7) is 2.86. The second kappa shape index (κ2) is 5.61. The Morgan fingerprint density at radius 2 is 2.27 bits per heavy atom. The zero-order chi connectivity index (χ0) is 15.1. The van der Waals surface area contributed by atoms with Crippen molar-refractivity contribution in [1.82, 2.24) is 19.9 Å². The van der Waals surface area contributed by atoms with Crippen LogP contribution in [0.3, 0.4) is 0 Å². The second-order valence-corrected chi connectivity index (χ2v) is 6.87. The Morgan fingerprint density at radius 1 is 1.36 bits per heavy atom. The highest BCUT2D eigenvalue weighted by molar-refractivity contribution is 9.10. The van der Waals surface area contributed by atoms with E-state index in [1.54, 1.807) is 0 Å². The molecular weight excluding hydrogens is 360 g/mol. The van der Waals surface area contributed by atoms with Crippen LogP contribution in [0.4, 0.5) is 0 Å². The van der Waals surface area contributed by atoms with Gasteiger partial charge in [0.05, 0.1) is 0 Å². The van der Waals surface area contributed by atoms with Crippen molar-refractivity contribution in [1.29, 1.82) is 0 Å². The summed E-state index contributed by atoms with van der Waals surface area (Å²) in [5.41, 5.74) is 4.98. The van der Waals surface area contributed by atoms with Gasteiger partial charge >= 0.3 is 0 Å². The fourth-order valence-electron chi connectivity index (χ4n) is 3.11. The normalized spacial score (nSPS) is 15.1. The predicted molar refractivity (Wildman–Crippen MR) is 93.2 cm³/mol. The van der Waals surface area contributed by atoms with Crippen LogP contribution < -0.4 is 0 Å². The first kappa shape index (κ1) is 14.1. The topological polar surface area (TPSA) is 47.7 Å². The van der Waals surface area contributed by atoms with Gasteiger partial charge in [-0.25, -0.2) is 4.98 Å². The molecule has 1 aliphatic heterocycles. The molecule has 0 bridgehead atoms. The first-order chi connectivity index (χ1) is 10.7. The molecule has 2 aromatic heterocycles. The zero-order valence-corrected chi connectivity index (χ0v) is 14.3. The molecule has 22 heavy (non-hydrogen) atoms. The van der Waals surface area contributed by atoms with E-state index in [9.17, 15) is 0 Å². The van der Waals surface area contributed by atoms with Gasteiger partial charge < -0.3 is 9.97 Å². The maximum atomic E-state index is 5.10. The Morgan fingerprint density at radius 3 is 3.18 bits per heavy atom. The molecule has 0 unspecified atom stereocenters. The van der Waals surface area contributed by atoms with Crippen molar-refractivity contribution in [3.63, 3.8) is 0 Å². The summed E-state index contributed by atoms with van der Waals surface area (Å²) >= 11 is 8.76. The Hall–Kier alpha value is -1.50. The predicted octanol–water partition coefficient (Wildman–Crippen LogP) is 3.94. The van der Waals surface area contributed by atoms with Gasteiger partial charge in [-0.3, -0.25) is 4.90 Å². The third kappa shape index (κ3) is 2.51. The van der Waals surface area contributed by atoms with Crippen LogP contribution in [0.2, 0.25) is 0 Å². The second-order valence-electron chi connectivity index (χ2n) is 5.63. The Kier molecular flexibility index (Phi) is 3.60. The van der Waals surface area contributed by atoms with Gasteiger partial charge in [0, 0.05) is 65.1 Å². The van der Waals surface area contributed by atoms with Crippen LogP contribution in [0.5, 0.6) is 0 Å². The minimum atomic E-state index is 0.577. The molecule has 0 saturated carbocycles. The number of hydrogen-bond acceptors (Lipinski definition) is 3. The van der Waals surface area contributed by atoms with Crippen LogP contribution in [0.25, 0.3) is 10.9 Å². The maximum Gasteiger partial charge on any atom is 0.196 e. The molecule has 3 heterocycles. The van der Waals surface area contributed by atoms with Gasteiger partial charge in [-0.1, -0.05) is 22.0 Å². The van der Waals surface area contributed by atoms with E-state index >= 15 is 0 Å². The molecule has 0 aliphatic carbocycles. The van der Waals surface area contributed by atoms with E-state index in [0.717, 1.165) is 30.5 Å². The van der Waals surface area contributed by atoms with Gasteiger partial charge in [0.2, 0.25) is 0 Å². The van der Waals surface area contributed by atoms with Crippen LogP contribution in [0.15, 0.2) is 35.1 Å². The van der Waals surface area contributed by atoms with Crippen molar-refractivity contribution in [3.05, 3.63) is 56.7 Å². The number of aromatic amines is 2. The highest BCUT2D eigenvalue weighted by Gasteiger charge is 2.18. The summed E-state index contributed by atoms with van der Waals surface area (Å²) in [4.78, 5) is 13.2. The van der Waals surface area contributed by atoms with Crippen molar-refractivity contribution in [2.24, 2.45) is 0 Å². The molecule has 0 atom stereocenters. The molecule has 0 saturated heterocycles. The van der Waals surface area contributed by atoms with Crippen LogP contribution >= 0.6 is 28.1 Å². The van der Waals surface area contributed by atoms with Crippen molar-refractivity contribution < 1.29 is 0 Å². The van der Waals surface area contributed by atoms with Gasteiger partial charge in [0.1, 0.15) is 0 Å². The molecule has 0 radical (unpaired) electrons. The van der Waals surface area contributed by atoms with E-state index in [-0.39, 0.29) is 0 Å². The van der Waals surface area contributed by atoms with Gasteiger partial charge in [0.15, 0.2) is 4.77 Å². The van der Waals surface area contributed by atoms with Gasteiger partial charge in [-0.05, 0) is 29.9 Å². The van der Waals surface area contributed by atoms with Gasteiger partial charge in [-0.15, -0.1) is 0 Å². The SMILES string of the molecule is S=c1ncc2c([nH]1)CCN(Cc1c[nH]c3cccc(Br)c13)C2. The smallest absolute Gasteiger partial charge is 0.196 e. The lowest BCUT2D eigenvalue weighted by Crippen LogP contribution is -2.30. The number of nitrogens with zero attached hydrogens (tertiary/aromatic N) is 2. The molecule has 0 amide bonds. The first-order valence-corrected chi connectivity index (χ1v) is 8.45. The minimum Gasteiger partial charge on any atom is -0.361 e. The highest BCUT2D eigenvalue weighted by Crippen LogP contribution is 2.28. The van der Waals surface area contributed by atoms with Crippen molar-refractivity contribution in [2.75, 3.05) is 6.54 Å². The van der Waals surface area contributed by atoms with Crippen molar-refractivity contribution in [2.45, 2.75) is 19.5 Å². The van der Waals surface area contributed by atoms with Gasteiger partial charge in [0.25, 0.3) is 0 Å². The largest absolute Gasteiger partial charge is 0.361 e. The molecule has 112 valence electrons. The summed E-state index contributed by atoms with van der Waals surface area (Å²) in [6, 6.07) is 6.26. The summed E-state index contributed by atoms with van der Waals surface area (Å²) in [7, 11) is 0. The fourth-order valence-corrected chi connectivity index (χ4v) is 3.91. The number of halogens is 1. The van der Waals surface area contributed by atoms with E-state index in [4.69, 9.17) is 12.2 Å². The van der Waals surface area contributed by atoms with Crippen molar-refractivity contribution >= 4 is 39.1 Å². The van der Waals surface area contributed by atoms with E-state index in [1.165, 1.54) is 27.7 Å². The summed E-state index contributed by atoms with van der Waals surface area (Å²) in [5, 5.41) is 1.28. The average Bonchev–Trinajstić information content (AvgIpc) is 2.92. The quantitative estimate of drug-likeness (QED) is 0.667. The van der Waals surface area contributed by atoms with Gasteiger partial charge in [-0.2, -0.15) is 0 Å². The zero-order valence-electron chi connectivity index (χ0n) is 11.9. The van der Waals surface area contributed by atoms with Crippen LogP contribution in [-0.2, 0) is 19.5 Å². The standard InChI is InChI=1S/C16H15BrN4S/c17-12-2-1-3-14-15(12)11(7-18-14)9-21-5-4-13-10(8-21)6-19-16(22)20-13/h1-3,6-7,18H,4-5,8-9H2,(H,19,20,22). The number of aromatic nitrogens is 3. The Labute approximate surface area is 141 Å². The number of H-pyrrole nitrogens is 2. The molecule has 2 N–H and O–H groups in total. The molecule has 6 heteroatoms. The maximum absolute atomic E-state index is 5.10. The summed E-state index contributed by atoms with van der Waals surface area (Å²) in [6.07, 6.45) is 5.01. The third-order valence-electron chi connectivity index (χ3n) is 4.19. The molecule has 4 nitrogen and oxygen atoms in total. The number of nitrogens with one attached hydrogen (secondary N) is 2. The lowest BCUT2D eigenvalue weighted by atomic mass is 10.1. The third-order valence-corrected chi connectivity index (χ3v) is 5.05. The number of fused-ring (bicyclic) bond motifs is 2. The lowest BCUT2D eigenvalue weighted by Gasteiger charge is -2.28. The monoisotopic (exact) mass is 374 g/mol. The van der Waals surface area contributed by atoms with Crippen LogP contribution in [0, 0.1) is 4.77 Å². The lowest BCUT2D eigenvalue weighted by molar-refractivity contribution is 0.243. The summed E-state index contributed by atoms with van der Waals surface area (Å²) < 4.78 is 1.72. The average molecular weight is 375 g/mol. The molecule has 0 fully saturated rings. The highest BCUT2D eigenvalue weighted by atomic mass is 79.9. The van der Waals surface area contributed by atoms with Crippen LogP contribution in [-0.4, -0.2) is 26.4 Å². The fraction of sp³-hybridized carbons (Fsp3) is 0.250. The molecule has 0 spiro atoms. The molecule has 1 aromatic carbocycles. The number of rotatable bonds is 2. The van der Waals surface area contributed by atoms with E-state index < -0.39 is 0 Å². The Bertz CT molecular complexity index is 899. The summed E-state index contributed by atoms with van der Waals surface area (Å²) in [5.74, 6) is 0. The molecular formula is C16H15BrN4S. The van der Waals surface area contributed by atoms with E-state index in [0.29, 0.717) is 4.77 Å². The number of benzene rings is 1. The Balaban J connectivity index is 1.62. The van der Waals surface area contributed by atoms with E-state index in [2.05, 4.69) is 60.2 Å².